The summed E-state index contributed by atoms with van der Waals surface area (Å²) in [6.45, 7) is 30.4. The first kappa shape index (κ1) is 41.0. The van der Waals surface area contributed by atoms with Crippen LogP contribution in [0.25, 0.3) is 32.2 Å². The first-order valence-corrected chi connectivity index (χ1v) is 21.4. The topological polar surface area (TPSA) is 63.1 Å². The predicted octanol–water partition coefficient (Wildman–Crippen LogP) is 11.6. The van der Waals surface area contributed by atoms with Gasteiger partial charge in [-0.25, -0.2) is 4.98 Å². The van der Waals surface area contributed by atoms with Crippen molar-refractivity contribution in [3.63, 3.8) is 0 Å². The standard InChI is InChI=1S/C25H29N2SSi.C15H28O2.Ir/c1-14(2)20-12-19(11-18-9-15(3)16(4)10-21(18)20)23-24-22(26-13-27-23)17(5)25(28-24)29(6,7)8;1-7-14(5,8-2)12(16)11-13(17)15(6,9-3)10-4;/h9-10,12-14H,1-8H3;11,16H,7-10H2,1-6H3;/q-1;;/b;12-11-;. The maximum atomic E-state index is 12.2. The maximum Gasteiger partial charge on any atom is 0.164 e. The van der Waals surface area contributed by atoms with E-state index in [9.17, 15) is 9.90 Å². The monoisotopic (exact) mass is 850 g/mol. The quantitative estimate of drug-likeness (QED) is 0.0747. The molecule has 0 atom stereocenters. The van der Waals surface area contributed by atoms with Crippen molar-refractivity contribution >= 4 is 50.7 Å². The number of rotatable bonds is 10. The Balaban J connectivity index is 0.000000370. The molecule has 0 aliphatic heterocycles. The number of fused-ring (bicyclic) bond motifs is 2. The van der Waals surface area contributed by atoms with Gasteiger partial charge in [0.25, 0.3) is 0 Å². The number of hydrogen-bond acceptors (Lipinski definition) is 5. The molecule has 4 aromatic rings. The molecule has 2 aromatic heterocycles. The van der Waals surface area contributed by atoms with Gasteiger partial charge in [-0.3, -0.25) is 9.78 Å². The van der Waals surface area contributed by atoms with Gasteiger partial charge in [0.2, 0.25) is 0 Å². The maximum absolute atomic E-state index is 12.2. The molecule has 7 heteroatoms. The van der Waals surface area contributed by atoms with Crippen LogP contribution in [-0.2, 0) is 24.9 Å². The second-order valence-electron chi connectivity index (χ2n) is 14.9. The zero-order valence-corrected chi connectivity index (χ0v) is 35.5. The van der Waals surface area contributed by atoms with E-state index in [1.165, 1.54) is 48.3 Å². The number of aryl methyl sites for hydroxylation is 3. The summed E-state index contributed by atoms with van der Waals surface area (Å²) in [6, 6.07) is 10.6. The number of carbonyl (C=O) groups is 1. The van der Waals surface area contributed by atoms with Crippen LogP contribution in [0.5, 0.6) is 0 Å². The average molecular weight is 850 g/mol. The minimum absolute atomic E-state index is 0. The van der Waals surface area contributed by atoms with E-state index in [4.69, 9.17) is 4.98 Å². The van der Waals surface area contributed by atoms with E-state index in [2.05, 4.69) is 83.5 Å². The van der Waals surface area contributed by atoms with Gasteiger partial charge >= 0.3 is 0 Å². The molecule has 0 spiro atoms. The smallest absolute Gasteiger partial charge is 0.164 e. The minimum atomic E-state index is -1.43. The number of ketones is 1. The van der Waals surface area contributed by atoms with Gasteiger partial charge in [0.1, 0.15) is 12.1 Å². The molecule has 2 aromatic carbocycles. The van der Waals surface area contributed by atoms with E-state index < -0.39 is 8.07 Å². The Morgan fingerprint density at radius 2 is 1.49 bits per heavy atom. The third kappa shape index (κ3) is 8.71. The molecule has 0 unspecified atom stereocenters. The molecule has 2 heterocycles. The fraction of sp³-hybridized carbons (Fsp3) is 0.525. The molecule has 0 saturated heterocycles. The molecule has 0 aliphatic carbocycles. The summed E-state index contributed by atoms with van der Waals surface area (Å²) < 4.78 is 2.72. The van der Waals surface area contributed by atoms with Gasteiger partial charge in [-0.15, -0.1) is 40.5 Å². The molecule has 0 aliphatic rings. The van der Waals surface area contributed by atoms with Crippen LogP contribution in [-0.4, -0.2) is 28.9 Å². The third-order valence-electron chi connectivity index (χ3n) is 10.4. The summed E-state index contributed by atoms with van der Waals surface area (Å²) in [6.07, 6.45) is 6.48. The van der Waals surface area contributed by atoms with E-state index in [0.29, 0.717) is 5.92 Å². The van der Waals surface area contributed by atoms with E-state index >= 15 is 0 Å². The van der Waals surface area contributed by atoms with E-state index in [1.807, 2.05) is 52.9 Å². The molecular formula is C40H57IrN2O2SSi-. The SMILES string of the molecule is CCC(C)(CC)C(=O)/C=C(\O)C(C)(CC)CC.Cc1cc2[c-]c(-c3ncnc4c(C)c([Si](C)(C)C)sc34)cc(C(C)C)c2cc1C.[Ir]. The number of aliphatic hydroxyl groups excluding tert-OH is 1. The van der Waals surface area contributed by atoms with Crippen molar-refractivity contribution in [2.75, 3.05) is 0 Å². The summed E-state index contributed by atoms with van der Waals surface area (Å²) in [5.74, 6) is 0.724. The van der Waals surface area contributed by atoms with Gasteiger partial charge < -0.3 is 5.11 Å². The Morgan fingerprint density at radius 3 is 2.00 bits per heavy atom. The number of thiophene rings is 1. The summed E-state index contributed by atoms with van der Waals surface area (Å²) in [7, 11) is -1.43. The van der Waals surface area contributed by atoms with Crippen molar-refractivity contribution in [3.05, 3.63) is 64.7 Å². The first-order chi connectivity index (χ1) is 21.4. The fourth-order valence-corrected chi connectivity index (χ4v) is 9.58. The van der Waals surface area contributed by atoms with Crippen LogP contribution in [0.15, 0.2) is 36.4 Å². The molecule has 1 N–H and O–H groups in total. The largest absolute Gasteiger partial charge is 0.512 e. The van der Waals surface area contributed by atoms with Gasteiger partial charge in [-0.2, -0.15) is 0 Å². The molecule has 0 fully saturated rings. The third-order valence-corrected chi connectivity index (χ3v) is 15.4. The first-order valence-electron chi connectivity index (χ1n) is 17.0. The van der Waals surface area contributed by atoms with Gasteiger partial charge in [0.15, 0.2) is 5.78 Å². The number of hydrogen-bond donors (Lipinski definition) is 1. The molecule has 4 rings (SSSR count). The van der Waals surface area contributed by atoms with Crippen LogP contribution >= 0.6 is 11.3 Å². The Bertz CT molecular complexity index is 1740. The molecular weight excluding hydrogens is 793 g/mol. The summed E-state index contributed by atoms with van der Waals surface area (Å²) in [5.41, 5.74) is 7.95. The Kier molecular flexibility index (Phi) is 14.0. The van der Waals surface area contributed by atoms with E-state index in [-0.39, 0.29) is 42.5 Å². The normalized spacial score (nSPS) is 12.7. The van der Waals surface area contributed by atoms with Crippen LogP contribution in [0, 0.1) is 37.7 Å². The van der Waals surface area contributed by atoms with Crippen molar-refractivity contribution in [2.24, 2.45) is 10.8 Å². The van der Waals surface area contributed by atoms with Gasteiger partial charge in [-0.05, 0) is 62.4 Å². The summed E-state index contributed by atoms with van der Waals surface area (Å²) in [4.78, 5) is 21.6. The zero-order chi connectivity index (χ0) is 34.8. The molecule has 4 nitrogen and oxygen atoms in total. The minimum Gasteiger partial charge on any atom is -0.512 e. The summed E-state index contributed by atoms with van der Waals surface area (Å²) >= 11 is 1.89. The van der Waals surface area contributed by atoms with Gasteiger partial charge in [-0.1, -0.05) is 103 Å². The Hall–Kier alpha value is -2.18. The number of aliphatic hydroxyl groups is 1. The molecule has 1 radical (unpaired) electrons. The number of benzene rings is 2. The van der Waals surface area contributed by atoms with Crippen molar-refractivity contribution in [1.29, 1.82) is 0 Å². The second kappa shape index (κ2) is 16.0. The Labute approximate surface area is 303 Å². The second-order valence-corrected chi connectivity index (χ2v) is 21.3. The van der Waals surface area contributed by atoms with Gasteiger partial charge in [0.05, 0.1) is 13.6 Å². The van der Waals surface area contributed by atoms with Crippen LogP contribution in [0.3, 0.4) is 0 Å². The number of aromatic nitrogens is 2. The van der Waals surface area contributed by atoms with Crippen molar-refractivity contribution in [2.45, 2.75) is 127 Å². The van der Waals surface area contributed by atoms with Crippen LogP contribution in [0.1, 0.15) is 109 Å². The number of carbonyl (C=O) groups excluding carboxylic acids is 1. The molecule has 0 amide bonds. The molecule has 0 bridgehead atoms. The molecule has 0 saturated carbocycles. The van der Waals surface area contributed by atoms with Crippen molar-refractivity contribution in [1.82, 2.24) is 9.97 Å². The number of nitrogens with zero attached hydrogens (tertiary/aromatic N) is 2. The fourth-order valence-electron chi connectivity index (χ4n) is 5.79. The predicted molar refractivity (Wildman–Crippen MR) is 204 cm³/mol. The Morgan fingerprint density at radius 1 is 0.936 bits per heavy atom. The van der Waals surface area contributed by atoms with Crippen molar-refractivity contribution in [3.8, 4) is 11.3 Å². The molecule has 259 valence electrons. The van der Waals surface area contributed by atoms with E-state index in [1.54, 1.807) is 6.33 Å². The van der Waals surface area contributed by atoms with E-state index in [0.717, 1.165) is 42.5 Å². The van der Waals surface area contributed by atoms with Crippen LogP contribution < -0.4 is 4.50 Å². The summed E-state index contributed by atoms with van der Waals surface area (Å²) in [5, 5.41) is 12.6. The zero-order valence-electron chi connectivity index (χ0n) is 31.3. The van der Waals surface area contributed by atoms with Gasteiger partial charge in [0, 0.05) is 47.4 Å². The number of allylic oxidation sites excluding steroid dienone is 2. The van der Waals surface area contributed by atoms with Crippen LogP contribution in [0.4, 0.5) is 0 Å². The van der Waals surface area contributed by atoms with Crippen LogP contribution in [0.2, 0.25) is 19.6 Å². The average Bonchev–Trinajstić information content (AvgIpc) is 3.37. The molecule has 47 heavy (non-hydrogen) atoms. The van der Waals surface area contributed by atoms with Crippen molar-refractivity contribution < 1.29 is 30.0 Å².